The highest BCUT2D eigenvalue weighted by atomic mass is 35.5. The summed E-state index contributed by atoms with van der Waals surface area (Å²) >= 11 is 5.89. The number of hydrogen-bond acceptors (Lipinski definition) is 3. The molecule has 5 heteroatoms. The van der Waals surface area contributed by atoms with Gasteiger partial charge in [0, 0.05) is 10.7 Å². The van der Waals surface area contributed by atoms with Crippen molar-refractivity contribution in [2.75, 3.05) is 11.9 Å². The lowest BCUT2D eigenvalue weighted by Crippen LogP contribution is -2.26. The van der Waals surface area contributed by atoms with Gasteiger partial charge in [0.05, 0.1) is 5.92 Å². The second-order valence-electron chi connectivity index (χ2n) is 5.80. The lowest BCUT2D eigenvalue weighted by atomic mass is 9.88. The van der Waals surface area contributed by atoms with Crippen molar-refractivity contribution in [1.29, 1.82) is 0 Å². The summed E-state index contributed by atoms with van der Waals surface area (Å²) in [6.45, 7) is 3.56. The van der Waals surface area contributed by atoms with Crippen LogP contribution in [0.1, 0.15) is 25.3 Å². The van der Waals surface area contributed by atoms with E-state index in [1.54, 1.807) is 36.4 Å². The Kier molecular flexibility index (Phi) is 6.38. The Bertz CT molecular complexity index is 684. The van der Waals surface area contributed by atoms with Crippen LogP contribution in [0.25, 0.3) is 0 Å². The van der Waals surface area contributed by atoms with Gasteiger partial charge in [-0.2, -0.15) is 0 Å². The number of anilines is 1. The molecule has 2 aromatic rings. The molecule has 0 bridgehead atoms. The molecule has 2 aromatic carbocycles. The largest absolute Gasteiger partial charge is 0.455 e. The van der Waals surface area contributed by atoms with E-state index in [1.165, 1.54) is 0 Å². The van der Waals surface area contributed by atoms with E-state index in [0.29, 0.717) is 10.7 Å². The maximum absolute atomic E-state index is 12.4. The van der Waals surface area contributed by atoms with Crippen molar-refractivity contribution in [2.24, 2.45) is 5.92 Å². The minimum atomic E-state index is -0.438. The van der Waals surface area contributed by atoms with Gasteiger partial charge in [-0.05, 0) is 35.7 Å². The minimum Gasteiger partial charge on any atom is -0.455 e. The molecule has 0 saturated carbocycles. The van der Waals surface area contributed by atoms with E-state index < -0.39 is 11.9 Å². The molecule has 0 unspecified atom stereocenters. The molecule has 4 nitrogen and oxygen atoms in total. The van der Waals surface area contributed by atoms with Crippen LogP contribution in [0.2, 0.25) is 5.02 Å². The highest BCUT2D eigenvalue weighted by molar-refractivity contribution is 6.30. The third kappa shape index (κ3) is 5.10. The number of nitrogens with one attached hydrogen (secondary N) is 1. The standard InChI is InChI=1S/C19H20ClNO3/c1-13(2)18(14-8-10-15(20)11-9-14)19(23)24-12-17(22)21-16-6-4-3-5-7-16/h3-11,13,18H,12H2,1-2H3,(H,21,22)/t18-/m0/s1. The van der Waals surface area contributed by atoms with Gasteiger partial charge >= 0.3 is 5.97 Å². The Hall–Kier alpha value is -2.33. The van der Waals surface area contributed by atoms with Crippen molar-refractivity contribution in [3.05, 3.63) is 65.2 Å². The number of benzene rings is 2. The monoisotopic (exact) mass is 345 g/mol. The lowest BCUT2D eigenvalue weighted by molar-refractivity contribution is -0.149. The van der Waals surface area contributed by atoms with Crippen LogP contribution < -0.4 is 5.32 Å². The number of esters is 1. The molecule has 0 aliphatic rings. The number of amides is 1. The Morgan fingerprint density at radius 2 is 1.67 bits per heavy atom. The van der Waals surface area contributed by atoms with Crippen LogP contribution in [0.5, 0.6) is 0 Å². The van der Waals surface area contributed by atoms with Crippen molar-refractivity contribution >= 4 is 29.2 Å². The average molecular weight is 346 g/mol. The maximum atomic E-state index is 12.4. The third-order valence-electron chi connectivity index (χ3n) is 3.55. The molecule has 2 rings (SSSR count). The van der Waals surface area contributed by atoms with E-state index in [9.17, 15) is 9.59 Å². The summed E-state index contributed by atoms with van der Waals surface area (Å²) in [5.74, 6) is -1.19. The van der Waals surface area contributed by atoms with Gasteiger partial charge in [0.1, 0.15) is 0 Å². The summed E-state index contributed by atoms with van der Waals surface area (Å²) in [4.78, 5) is 24.3. The fourth-order valence-corrected chi connectivity index (χ4v) is 2.53. The second kappa shape index (κ2) is 8.50. The maximum Gasteiger partial charge on any atom is 0.314 e. The Balaban J connectivity index is 1.96. The first-order chi connectivity index (χ1) is 11.5. The number of carbonyl (C=O) groups is 2. The molecule has 126 valence electrons. The van der Waals surface area contributed by atoms with Gasteiger partial charge in [-0.1, -0.05) is 55.8 Å². The predicted octanol–water partition coefficient (Wildman–Crippen LogP) is 4.26. The van der Waals surface area contributed by atoms with Gasteiger partial charge in [-0.25, -0.2) is 0 Å². The van der Waals surface area contributed by atoms with Crippen LogP contribution in [-0.2, 0) is 14.3 Å². The molecule has 1 atom stereocenters. The molecular weight excluding hydrogens is 326 g/mol. The topological polar surface area (TPSA) is 55.4 Å². The number of rotatable bonds is 6. The summed E-state index contributed by atoms with van der Waals surface area (Å²) in [7, 11) is 0. The second-order valence-corrected chi connectivity index (χ2v) is 6.23. The first-order valence-electron chi connectivity index (χ1n) is 7.74. The third-order valence-corrected chi connectivity index (χ3v) is 3.80. The Labute approximate surface area is 146 Å². The average Bonchev–Trinajstić information content (AvgIpc) is 2.55. The molecule has 0 spiro atoms. The molecule has 0 aliphatic carbocycles. The fourth-order valence-electron chi connectivity index (χ4n) is 2.41. The van der Waals surface area contributed by atoms with E-state index in [-0.39, 0.29) is 18.4 Å². The number of carbonyl (C=O) groups excluding carboxylic acids is 2. The predicted molar refractivity (Wildman–Crippen MR) is 95.1 cm³/mol. The highest BCUT2D eigenvalue weighted by Crippen LogP contribution is 2.27. The zero-order valence-corrected chi connectivity index (χ0v) is 14.4. The quantitative estimate of drug-likeness (QED) is 0.796. The zero-order chi connectivity index (χ0) is 17.5. The number of hydrogen-bond donors (Lipinski definition) is 1. The molecule has 0 fully saturated rings. The van der Waals surface area contributed by atoms with E-state index in [4.69, 9.17) is 16.3 Å². The zero-order valence-electron chi connectivity index (χ0n) is 13.7. The van der Waals surface area contributed by atoms with Crippen LogP contribution in [0.3, 0.4) is 0 Å². The number of para-hydroxylation sites is 1. The van der Waals surface area contributed by atoms with Gasteiger partial charge in [0.2, 0.25) is 0 Å². The molecule has 24 heavy (non-hydrogen) atoms. The number of halogens is 1. The molecule has 1 N–H and O–H groups in total. The fraction of sp³-hybridized carbons (Fsp3) is 0.263. The van der Waals surface area contributed by atoms with Crippen molar-refractivity contribution in [2.45, 2.75) is 19.8 Å². The first kappa shape index (κ1) is 18.0. The van der Waals surface area contributed by atoms with Crippen LogP contribution in [-0.4, -0.2) is 18.5 Å². The van der Waals surface area contributed by atoms with Crippen molar-refractivity contribution in [3.8, 4) is 0 Å². The van der Waals surface area contributed by atoms with E-state index in [2.05, 4.69) is 5.32 Å². The number of ether oxygens (including phenoxy) is 1. The minimum absolute atomic E-state index is 0.0378. The normalized spacial score (nSPS) is 11.8. The van der Waals surface area contributed by atoms with Gasteiger partial charge in [0.25, 0.3) is 5.91 Å². The Morgan fingerprint density at radius 1 is 1.04 bits per heavy atom. The van der Waals surface area contributed by atoms with Crippen molar-refractivity contribution < 1.29 is 14.3 Å². The highest BCUT2D eigenvalue weighted by Gasteiger charge is 2.26. The molecule has 0 aromatic heterocycles. The van der Waals surface area contributed by atoms with Gasteiger partial charge < -0.3 is 10.1 Å². The van der Waals surface area contributed by atoms with Crippen LogP contribution in [0, 0.1) is 5.92 Å². The first-order valence-corrected chi connectivity index (χ1v) is 8.12. The van der Waals surface area contributed by atoms with Gasteiger partial charge in [-0.3, -0.25) is 9.59 Å². The summed E-state index contributed by atoms with van der Waals surface area (Å²) in [6.07, 6.45) is 0. The van der Waals surface area contributed by atoms with E-state index in [0.717, 1.165) is 5.56 Å². The van der Waals surface area contributed by atoms with Gasteiger partial charge in [0.15, 0.2) is 6.61 Å². The lowest BCUT2D eigenvalue weighted by Gasteiger charge is -2.19. The molecular formula is C19H20ClNO3. The van der Waals surface area contributed by atoms with Gasteiger partial charge in [-0.15, -0.1) is 0 Å². The van der Waals surface area contributed by atoms with Crippen molar-refractivity contribution in [3.63, 3.8) is 0 Å². The Morgan fingerprint density at radius 3 is 2.25 bits per heavy atom. The smallest absolute Gasteiger partial charge is 0.314 e. The summed E-state index contributed by atoms with van der Waals surface area (Å²) in [5.41, 5.74) is 1.49. The molecule has 0 heterocycles. The molecule has 0 saturated heterocycles. The summed E-state index contributed by atoms with van der Waals surface area (Å²) < 4.78 is 5.20. The van der Waals surface area contributed by atoms with Crippen LogP contribution in [0.4, 0.5) is 5.69 Å². The molecule has 1 amide bonds. The van der Waals surface area contributed by atoms with Crippen molar-refractivity contribution in [1.82, 2.24) is 0 Å². The summed E-state index contributed by atoms with van der Waals surface area (Å²) in [5, 5.41) is 3.29. The van der Waals surface area contributed by atoms with Crippen LogP contribution in [0.15, 0.2) is 54.6 Å². The van der Waals surface area contributed by atoms with E-state index in [1.807, 2.05) is 32.0 Å². The summed E-state index contributed by atoms with van der Waals surface area (Å²) in [6, 6.07) is 16.1. The molecule has 0 radical (unpaired) electrons. The van der Waals surface area contributed by atoms with Crippen LogP contribution >= 0.6 is 11.6 Å². The SMILES string of the molecule is CC(C)[C@H](C(=O)OCC(=O)Nc1ccccc1)c1ccc(Cl)cc1. The molecule has 0 aliphatic heterocycles. The van der Waals surface area contributed by atoms with E-state index >= 15 is 0 Å².